The van der Waals surface area contributed by atoms with Crippen LogP contribution in [0.15, 0.2) is 103 Å². The Kier molecular flexibility index (Phi) is 2.76. The fourth-order valence-corrected chi connectivity index (χ4v) is 15.1. The summed E-state index contributed by atoms with van der Waals surface area (Å²) in [5, 5.41) is 13.3. The van der Waals surface area contributed by atoms with Crippen LogP contribution in [-0.4, -0.2) is 4.57 Å². The average molecular weight is 506 g/mol. The van der Waals surface area contributed by atoms with Gasteiger partial charge in [-0.25, -0.2) is 0 Å². The summed E-state index contributed by atoms with van der Waals surface area (Å²) < 4.78 is 8.13. The summed E-state index contributed by atoms with van der Waals surface area (Å²) in [6, 6.07) is 37.1. The number of aromatic nitrogens is 2. The van der Waals surface area contributed by atoms with Crippen molar-refractivity contribution in [3.05, 3.63) is 103 Å². The predicted octanol–water partition coefficient (Wildman–Crippen LogP) is 6.69. The summed E-state index contributed by atoms with van der Waals surface area (Å²) in [7, 11) is -2.62. The van der Waals surface area contributed by atoms with Crippen LogP contribution in [0.4, 0.5) is 0 Å². The van der Waals surface area contributed by atoms with Crippen molar-refractivity contribution in [2.45, 2.75) is 0 Å². The van der Waals surface area contributed by atoms with Crippen molar-refractivity contribution in [1.82, 2.24) is 4.57 Å². The Morgan fingerprint density at radius 2 is 1.49 bits per heavy atom. The summed E-state index contributed by atoms with van der Waals surface area (Å²) in [4.78, 5) is 0. The number of rotatable bonds is 0. The molecule has 0 aliphatic carbocycles. The molecule has 0 atom stereocenters. The van der Waals surface area contributed by atoms with E-state index in [9.17, 15) is 0 Å². The molecule has 5 aromatic carbocycles. The number of pyridine rings is 1. The van der Waals surface area contributed by atoms with Gasteiger partial charge in [-0.15, -0.1) is 0 Å². The average Bonchev–Trinajstić information content (AvgIpc) is 3.59. The van der Waals surface area contributed by atoms with Gasteiger partial charge in [-0.3, -0.25) is 0 Å². The van der Waals surface area contributed by atoms with Gasteiger partial charge in [0.05, 0.1) is 0 Å². The zero-order valence-corrected chi connectivity index (χ0v) is 21.4. The summed E-state index contributed by atoms with van der Waals surface area (Å²) >= 11 is 1.97. The van der Waals surface area contributed by atoms with Crippen molar-refractivity contribution in [1.29, 1.82) is 0 Å². The third-order valence-electron chi connectivity index (χ3n) is 9.30. The molecule has 1 spiro atoms. The van der Waals surface area contributed by atoms with E-state index >= 15 is 0 Å². The SMILES string of the molecule is c1ccc2c(c1)-c1ccc3sc4ccc5cc6c7ccccc7n7c6c6c5c4c3c1[PH]26[n+]1ccccc1-7. The minimum absolute atomic E-state index is 1.29. The van der Waals surface area contributed by atoms with Gasteiger partial charge < -0.3 is 0 Å². The molecule has 0 bridgehead atoms. The number of benzene rings is 5. The molecule has 0 amide bonds. The zero-order valence-electron chi connectivity index (χ0n) is 19.6. The van der Waals surface area contributed by atoms with Gasteiger partial charge in [-0.1, -0.05) is 0 Å². The van der Waals surface area contributed by atoms with E-state index in [1.807, 2.05) is 11.3 Å². The first kappa shape index (κ1) is 18.2. The van der Waals surface area contributed by atoms with Gasteiger partial charge in [0.1, 0.15) is 0 Å². The van der Waals surface area contributed by atoms with E-state index in [0.717, 1.165) is 0 Å². The van der Waals surface area contributed by atoms with Crippen LogP contribution >= 0.6 is 18.7 Å². The molecular formula is C33H18N2PS+. The molecule has 3 aliphatic rings. The summed E-state index contributed by atoms with van der Waals surface area (Å²) in [5.41, 5.74) is 5.59. The van der Waals surface area contributed by atoms with E-state index in [-0.39, 0.29) is 0 Å². The molecule has 4 heteroatoms. The third-order valence-corrected chi connectivity index (χ3v) is 15.2. The zero-order chi connectivity index (χ0) is 23.6. The Morgan fingerprint density at radius 3 is 2.49 bits per heavy atom. The number of nitrogens with zero attached hydrogens (tertiary/aromatic N) is 2. The topological polar surface area (TPSA) is 8.81 Å². The van der Waals surface area contributed by atoms with Gasteiger partial charge in [0.15, 0.2) is 0 Å². The third kappa shape index (κ3) is 1.67. The van der Waals surface area contributed by atoms with Crippen LogP contribution in [0.5, 0.6) is 0 Å². The number of hydrogen-bond donors (Lipinski definition) is 0. The first-order valence-electron chi connectivity index (χ1n) is 12.9. The molecule has 3 aromatic heterocycles. The molecule has 0 fully saturated rings. The van der Waals surface area contributed by atoms with Crippen LogP contribution in [0.2, 0.25) is 0 Å². The molecule has 6 heterocycles. The monoisotopic (exact) mass is 505 g/mol. The molecule has 0 unspecified atom stereocenters. The number of thiophene rings is 1. The van der Waals surface area contributed by atoms with Gasteiger partial charge >= 0.3 is 217 Å². The van der Waals surface area contributed by atoms with Crippen molar-refractivity contribution < 1.29 is 4.34 Å². The second-order valence-electron chi connectivity index (χ2n) is 10.7. The predicted molar refractivity (Wildman–Crippen MR) is 159 cm³/mol. The molecule has 11 rings (SSSR count). The number of para-hydroxylation sites is 1. The van der Waals surface area contributed by atoms with E-state index < -0.39 is 7.41 Å². The van der Waals surface area contributed by atoms with Gasteiger partial charge in [-0.2, -0.15) is 0 Å². The van der Waals surface area contributed by atoms with Crippen LogP contribution in [0.1, 0.15) is 0 Å². The minimum atomic E-state index is -2.62. The Morgan fingerprint density at radius 1 is 0.649 bits per heavy atom. The summed E-state index contributed by atoms with van der Waals surface area (Å²) in [5.74, 6) is 1.29. The molecule has 0 saturated carbocycles. The van der Waals surface area contributed by atoms with Gasteiger partial charge in [0.25, 0.3) is 0 Å². The van der Waals surface area contributed by atoms with Gasteiger partial charge in [0.2, 0.25) is 0 Å². The maximum absolute atomic E-state index is 2.73. The fourth-order valence-electron chi connectivity index (χ4n) is 8.18. The van der Waals surface area contributed by atoms with E-state index in [2.05, 4.69) is 112 Å². The molecule has 8 aromatic rings. The van der Waals surface area contributed by atoms with Crippen molar-refractivity contribution in [3.63, 3.8) is 0 Å². The van der Waals surface area contributed by atoms with Crippen LogP contribution in [0, 0.1) is 0 Å². The van der Waals surface area contributed by atoms with Crippen LogP contribution in [-0.2, 0) is 0 Å². The fraction of sp³-hybridized carbons (Fsp3) is 0. The molecule has 3 aliphatic heterocycles. The second kappa shape index (κ2) is 5.60. The van der Waals surface area contributed by atoms with Crippen LogP contribution < -0.4 is 20.3 Å². The normalized spacial score (nSPS) is 16.1. The molecule has 0 radical (unpaired) electrons. The Bertz CT molecular complexity index is 2430. The van der Waals surface area contributed by atoms with Crippen molar-refractivity contribution in [3.8, 4) is 16.9 Å². The maximum atomic E-state index is 2.73. The standard InChI is InChI=1S/C33H18N2PS/c1-3-9-23-19(7-1)22-17-18-12-14-25-29-28(18)33-31(22)35(23)27-11-5-6-16-34(27)36(33)24-10-4-2-8-20(24)21-13-15-26(37-25)30(29)32(21)36/h1-17,36H/q+1. The van der Waals surface area contributed by atoms with Gasteiger partial charge in [-0.05, 0) is 0 Å². The number of hydrogen-bond acceptors (Lipinski definition) is 1. The molecule has 170 valence electrons. The van der Waals surface area contributed by atoms with Crippen LogP contribution in [0.3, 0.4) is 0 Å². The van der Waals surface area contributed by atoms with E-state index in [4.69, 9.17) is 0 Å². The van der Waals surface area contributed by atoms with Crippen LogP contribution in [0.25, 0.3) is 69.7 Å². The molecule has 0 saturated heterocycles. The Balaban J connectivity index is 1.61. The molecule has 37 heavy (non-hydrogen) atoms. The molecular weight excluding hydrogens is 487 g/mol. The Labute approximate surface area is 216 Å². The van der Waals surface area contributed by atoms with E-state index in [1.165, 1.54) is 75.0 Å². The second-order valence-corrected chi connectivity index (χ2v) is 15.2. The Hall–Kier alpha value is -4.04. The first-order chi connectivity index (χ1) is 18.4. The summed E-state index contributed by atoms with van der Waals surface area (Å²) in [6.07, 6.45) is 2.38. The first-order valence-corrected chi connectivity index (χ1v) is 15.6. The molecule has 2 nitrogen and oxygen atoms in total. The van der Waals surface area contributed by atoms with E-state index in [1.54, 1.807) is 10.6 Å². The quantitative estimate of drug-likeness (QED) is 0.203. The van der Waals surface area contributed by atoms with Gasteiger partial charge in [0, 0.05) is 0 Å². The van der Waals surface area contributed by atoms with Crippen molar-refractivity contribution in [2.75, 3.05) is 0 Å². The van der Waals surface area contributed by atoms with Crippen molar-refractivity contribution in [2.24, 2.45) is 0 Å². The molecule has 0 N–H and O–H groups in total. The summed E-state index contributed by atoms with van der Waals surface area (Å²) in [6.45, 7) is 0. The van der Waals surface area contributed by atoms with Crippen molar-refractivity contribution >= 4 is 87.4 Å². The number of fused-ring (bicyclic) bond motifs is 7. The van der Waals surface area contributed by atoms with E-state index in [0.29, 0.717) is 0 Å².